The highest BCUT2D eigenvalue weighted by atomic mass is 19.4. The number of carbonyl (C=O) groups excluding carboxylic acids is 1. The first-order chi connectivity index (χ1) is 9.31. The van der Waals surface area contributed by atoms with Gasteiger partial charge in [0.1, 0.15) is 0 Å². The molecule has 7 heteroatoms. The summed E-state index contributed by atoms with van der Waals surface area (Å²) in [6.07, 6.45) is -3.54. The van der Waals surface area contributed by atoms with E-state index in [0.29, 0.717) is 12.8 Å². The average Bonchev–Trinajstić information content (AvgIpc) is 2.39. The summed E-state index contributed by atoms with van der Waals surface area (Å²) in [5, 5.41) is 2.56. The smallest absolute Gasteiger partial charge is 0.354 e. The Kier molecular flexibility index (Phi) is 6.26. The molecule has 0 saturated heterocycles. The Labute approximate surface area is 117 Å². The van der Waals surface area contributed by atoms with Gasteiger partial charge in [0.15, 0.2) is 6.29 Å². The van der Waals surface area contributed by atoms with Gasteiger partial charge in [-0.1, -0.05) is 12.8 Å². The fourth-order valence-corrected chi connectivity index (χ4v) is 2.74. The van der Waals surface area contributed by atoms with Crippen molar-refractivity contribution in [3.05, 3.63) is 0 Å². The Morgan fingerprint density at radius 1 is 1.20 bits per heavy atom. The molecule has 0 bridgehead atoms. The molecule has 20 heavy (non-hydrogen) atoms. The molecule has 0 aromatic carbocycles. The van der Waals surface area contributed by atoms with E-state index < -0.39 is 36.3 Å². The summed E-state index contributed by atoms with van der Waals surface area (Å²) < 4.78 is 48.8. The normalized spacial score (nSPS) is 25.6. The van der Waals surface area contributed by atoms with Crippen molar-refractivity contribution in [2.75, 3.05) is 14.2 Å². The summed E-state index contributed by atoms with van der Waals surface area (Å²) in [7, 11) is 2.83. The van der Waals surface area contributed by atoms with Crippen LogP contribution in [0.4, 0.5) is 13.2 Å². The number of nitrogens with one attached hydrogen (secondary N) is 1. The number of alkyl halides is 3. The van der Waals surface area contributed by atoms with Crippen molar-refractivity contribution in [3.8, 4) is 0 Å². The van der Waals surface area contributed by atoms with Crippen molar-refractivity contribution in [1.29, 1.82) is 0 Å². The van der Waals surface area contributed by atoms with Crippen LogP contribution in [0.3, 0.4) is 0 Å². The topological polar surface area (TPSA) is 47.6 Å². The molecule has 1 N–H and O–H groups in total. The molecule has 1 rings (SSSR count). The molecule has 1 aliphatic carbocycles. The van der Waals surface area contributed by atoms with Crippen molar-refractivity contribution in [2.24, 2.45) is 11.8 Å². The van der Waals surface area contributed by atoms with Gasteiger partial charge in [-0.25, -0.2) is 0 Å². The van der Waals surface area contributed by atoms with E-state index in [-0.39, 0.29) is 12.8 Å². The highest BCUT2D eigenvalue weighted by molar-refractivity contribution is 5.79. The molecule has 1 aliphatic rings. The van der Waals surface area contributed by atoms with E-state index in [4.69, 9.17) is 9.47 Å². The molecular weight excluding hydrogens is 275 g/mol. The molecular formula is C13H22F3NO3. The number of halogens is 3. The Morgan fingerprint density at radius 2 is 1.75 bits per heavy atom. The molecule has 1 amide bonds. The van der Waals surface area contributed by atoms with Gasteiger partial charge in [-0.2, -0.15) is 13.2 Å². The first kappa shape index (κ1) is 17.2. The molecule has 0 aromatic heterocycles. The second-order valence-corrected chi connectivity index (χ2v) is 5.18. The Bertz CT molecular complexity index is 318. The van der Waals surface area contributed by atoms with Crippen molar-refractivity contribution < 1.29 is 27.4 Å². The molecule has 0 heterocycles. The van der Waals surface area contributed by atoms with Gasteiger partial charge >= 0.3 is 6.18 Å². The first-order valence-corrected chi connectivity index (χ1v) is 6.74. The summed E-state index contributed by atoms with van der Waals surface area (Å²) in [6, 6.07) is -0.506. The molecule has 0 aromatic rings. The number of methoxy groups -OCH3 is 2. The third-order valence-electron chi connectivity index (χ3n) is 3.77. The van der Waals surface area contributed by atoms with Gasteiger partial charge in [0, 0.05) is 20.1 Å². The second-order valence-electron chi connectivity index (χ2n) is 5.18. The Balaban J connectivity index is 2.68. The number of hydrogen-bond acceptors (Lipinski definition) is 3. The van der Waals surface area contributed by atoms with Crippen molar-refractivity contribution in [1.82, 2.24) is 5.32 Å². The van der Waals surface area contributed by atoms with Gasteiger partial charge in [0.2, 0.25) is 5.91 Å². The fraction of sp³-hybridized carbons (Fsp3) is 0.923. The molecule has 0 spiro atoms. The number of amides is 1. The van der Waals surface area contributed by atoms with Crippen LogP contribution in [0.25, 0.3) is 0 Å². The van der Waals surface area contributed by atoms with E-state index in [1.54, 1.807) is 6.92 Å². The van der Waals surface area contributed by atoms with Crippen molar-refractivity contribution in [3.63, 3.8) is 0 Å². The van der Waals surface area contributed by atoms with Crippen LogP contribution in [0.15, 0.2) is 0 Å². The predicted octanol–water partition coefficient (Wildman–Crippen LogP) is 2.48. The molecule has 3 unspecified atom stereocenters. The van der Waals surface area contributed by atoms with E-state index in [2.05, 4.69) is 5.32 Å². The third kappa shape index (κ3) is 4.34. The molecule has 0 radical (unpaired) electrons. The zero-order valence-corrected chi connectivity index (χ0v) is 12.0. The monoisotopic (exact) mass is 297 g/mol. The van der Waals surface area contributed by atoms with E-state index in [9.17, 15) is 18.0 Å². The minimum atomic E-state index is -4.33. The zero-order chi connectivity index (χ0) is 15.3. The predicted molar refractivity (Wildman–Crippen MR) is 66.9 cm³/mol. The lowest BCUT2D eigenvalue weighted by atomic mass is 9.78. The molecule has 0 aliphatic heterocycles. The number of ether oxygens (including phenoxy) is 2. The van der Waals surface area contributed by atoms with E-state index in [0.717, 1.165) is 0 Å². The molecule has 3 atom stereocenters. The highest BCUT2D eigenvalue weighted by Crippen LogP contribution is 2.41. The maximum absolute atomic E-state index is 13.0. The van der Waals surface area contributed by atoms with Gasteiger partial charge in [-0.3, -0.25) is 4.79 Å². The maximum Gasteiger partial charge on any atom is 0.392 e. The minimum Gasteiger partial charge on any atom is -0.354 e. The van der Waals surface area contributed by atoms with E-state index in [1.165, 1.54) is 14.2 Å². The van der Waals surface area contributed by atoms with Crippen LogP contribution in [0.1, 0.15) is 32.6 Å². The Hall–Kier alpha value is -0.820. The van der Waals surface area contributed by atoms with Crippen molar-refractivity contribution >= 4 is 5.91 Å². The van der Waals surface area contributed by atoms with E-state index in [1.807, 2.05) is 0 Å². The lowest BCUT2D eigenvalue weighted by Crippen LogP contribution is -2.49. The van der Waals surface area contributed by atoms with Crippen LogP contribution in [-0.4, -0.2) is 38.6 Å². The van der Waals surface area contributed by atoms with Crippen LogP contribution in [0.2, 0.25) is 0 Å². The fourth-order valence-electron chi connectivity index (χ4n) is 2.74. The van der Waals surface area contributed by atoms with Crippen LogP contribution in [0.5, 0.6) is 0 Å². The van der Waals surface area contributed by atoms with Crippen LogP contribution in [0, 0.1) is 11.8 Å². The number of hydrogen-bond donors (Lipinski definition) is 1. The highest BCUT2D eigenvalue weighted by Gasteiger charge is 2.48. The molecule has 1 fully saturated rings. The lowest BCUT2D eigenvalue weighted by Gasteiger charge is -2.33. The molecule has 118 valence electrons. The summed E-state index contributed by atoms with van der Waals surface area (Å²) in [4.78, 5) is 12.1. The maximum atomic E-state index is 13.0. The second kappa shape index (κ2) is 7.26. The first-order valence-electron chi connectivity index (χ1n) is 6.74. The van der Waals surface area contributed by atoms with Crippen LogP contribution in [-0.2, 0) is 14.3 Å². The summed E-state index contributed by atoms with van der Waals surface area (Å²) >= 11 is 0. The standard InChI is InChI=1S/C13H22F3NO3/c1-8(12(19-2)20-3)17-11(18)9-6-4-5-7-10(9)13(14,15)16/h8-10,12H,4-7H2,1-3H3,(H,17,18). The van der Waals surface area contributed by atoms with Crippen LogP contribution < -0.4 is 5.32 Å². The lowest BCUT2D eigenvalue weighted by molar-refractivity contribution is -0.199. The molecule has 4 nitrogen and oxygen atoms in total. The van der Waals surface area contributed by atoms with Gasteiger partial charge in [-0.15, -0.1) is 0 Å². The number of rotatable bonds is 5. The van der Waals surface area contributed by atoms with Crippen LogP contribution >= 0.6 is 0 Å². The van der Waals surface area contributed by atoms with Gasteiger partial charge in [0.25, 0.3) is 0 Å². The number of carbonyl (C=O) groups is 1. The van der Waals surface area contributed by atoms with Gasteiger partial charge in [0.05, 0.1) is 12.0 Å². The summed E-state index contributed by atoms with van der Waals surface area (Å²) in [5.74, 6) is -3.13. The summed E-state index contributed by atoms with van der Waals surface area (Å²) in [6.45, 7) is 1.64. The largest absolute Gasteiger partial charge is 0.392 e. The molecule has 1 saturated carbocycles. The average molecular weight is 297 g/mol. The Morgan fingerprint density at radius 3 is 2.25 bits per heavy atom. The SMILES string of the molecule is COC(OC)C(C)NC(=O)C1CCCCC1C(F)(F)F. The van der Waals surface area contributed by atoms with Crippen molar-refractivity contribution in [2.45, 2.75) is 51.1 Å². The van der Waals surface area contributed by atoms with Gasteiger partial charge in [-0.05, 0) is 19.8 Å². The minimum absolute atomic E-state index is 0.0218. The third-order valence-corrected chi connectivity index (χ3v) is 3.77. The summed E-state index contributed by atoms with van der Waals surface area (Å²) in [5.41, 5.74) is 0. The van der Waals surface area contributed by atoms with Gasteiger partial charge < -0.3 is 14.8 Å². The zero-order valence-electron chi connectivity index (χ0n) is 12.0. The quantitative estimate of drug-likeness (QED) is 0.793. The van der Waals surface area contributed by atoms with E-state index >= 15 is 0 Å².